The summed E-state index contributed by atoms with van der Waals surface area (Å²) >= 11 is 12.1. The van der Waals surface area contributed by atoms with Crippen molar-refractivity contribution >= 4 is 54.8 Å². The second-order valence-electron chi connectivity index (χ2n) is 8.24. The highest BCUT2D eigenvalue weighted by molar-refractivity contribution is 7.92. The van der Waals surface area contributed by atoms with E-state index in [2.05, 4.69) is 5.32 Å². The van der Waals surface area contributed by atoms with Gasteiger partial charge < -0.3 is 14.8 Å². The number of benzene rings is 2. The monoisotopic (exact) mass is 593 g/mol. The molecule has 1 unspecified atom stereocenters. The second kappa shape index (κ2) is 12.6. The molecule has 0 saturated carbocycles. The summed E-state index contributed by atoms with van der Waals surface area (Å²) in [5, 5.41) is 3.16. The van der Waals surface area contributed by atoms with Gasteiger partial charge in [-0.2, -0.15) is 4.31 Å². The Morgan fingerprint density at radius 2 is 1.68 bits per heavy atom. The summed E-state index contributed by atoms with van der Waals surface area (Å²) in [6.45, 7) is 3.20. The van der Waals surface area contributed by atoms with Gasteiger partial charge in [0.2, 0.25) is 26.0 Å². The molecule has 0 spiro atoms. The van der Waals surface area contributed by atoms with Crippen LogP contribution in [0.15, 0.2) is 47.4 Å². The molecule has 1 saturated heterocycles. The lowest BCUT2D eigenvalue weighted by atomic mass is 10.2. The number of anilines is 1. The second-order valence-corrected chi connectivity index (χ2v) is 12.9. The van der Waals surface area contributed by atoms with Gasteiger partial charge in [0, 0.05) is 23.1 Å². The predicted molar refractivity (Wildman–Crippen MR) is 142 cm³/mol. The molecule has 204 valence electrons. The number of hydrogen-bond donors (Lipinski definition) is 1. The third-order valence-electron chi connectivity index (χ3n) is 5.53. The highest BCUT2D eigenvalue weighted by Crippen LogP contribution is 2.29. The van der Waals surface area contributed by atoms with Crippen molar-refractivity contribution in [3.05, 3.63) is 52.5 Å². The predicted octanol–water partition coefficient (Wildman–Crippen LogP) is 2.75. The molecule has 10 nitrogen and oxygen atoms in total. The Morgan fingerprint density at radius 3 is 2.22 bits per heavy atom. The molecule has 1 N–H and O–H groups in total. The minimum atomic E-state index is -3.84. The number of carbonyl (C=O) groups excluding carboxylic acids is 1. The Morgan fingerprint density at radius 1 is 1.08 bits per heavy atom. The zero-order valence-electron chi connectivity index (χ0n) is 20.4. The van der Waals surface area contributed by atoms with E-state index in [1.807, 2.05) is 0 Å². The van der Waals surface area contributed by atoms with Crippen molar-refractivity contribution in [2.24, 2.45) is 0 Å². The van der Waals surface area contributed by atoms with Crippen LogP contribution >= 0.6 is 23.2 Å². The van der Waals surface area contributed by atoms with Gasteiger partial charge in [-0.25, -0.2) is 16.8 Å². The molecule has 1 atom stereocenters. The number of rotatable bonds is 11. The van der Waals surface area contributed by atoms with E-state index in [0.717, 1.165) is 10.6 Å². The summed E-state index contributed by atoms with van der Waals surface area (Å²) in [6, 6.07) is 9.30. The first kappa shape index (κ1) is 29.5. The molecule has 3 rings (SSSR count). The molecule has 0 bridgehead atoms. The Hall–Kier alpha value is -2.09. The SMILES string of the molecule is CCC(C(=O)NCCOc1ccc(S(=O)(=O)N2CCOCC2)cc1)N(c1cc(Cl)cc(Cl)c1)S(C)(=O)=O. The molecule has 1 aliphatic heterocycles. The van der Waals surface area contributed by atoms with Crippen LogP contribution in [-0.2, 0) is 29.6 Å². The number of carbonyl (C=O) groups is 1. The molecular formula is C23H29Cl2N3O7S2. The molecule has 1 heterocycles. The molecule has 1 amide bonds. The van der Waals surface area contributed by atoms with Crippen molar-refractivity contribution in [2.75, 3.05) is 50.0 Å². The molecule has 0 radical (unpaired) electrons. The first-order valence-electron chi connectivity index (χ1n) is 11.5. The van der Waals surface area contributed by atoms with Crippen molar-refractivity contribution < 1.29 is 31.1 Å². The van der Waals surface area contributed by atoms with E-state index in [1.54, 1.807) is 6.92 Å². The molecule has 0 aromatic heterocycles. The van der Waals surface area contributed by atoms with Crippen molar-refractivity contribution in [3.8, 4) is 5.75 Å². The number of hydrogen-bond acceptors (Lipinski definition) is 7. The van der Waals surface area contributed by atoms with Gasteiger partial charge >= 0.3 is 0 Å². The van der Waals surface area contributed by atoms with Crippen LogP contribution in [-0.4, -0.2) is 78.8 Å². The highest BCUT2D eigenvalue weighted by Gasteiger charge is 2.32. The number of morpholine rings is 1. The standard InChI is InChI=1S/C23H29Cl2N3O7S2/c1-3-22(28(36(2,30)31)19-15-17(24)14-18(25)16-19)23(29)26-8-11-35-20-4-6-21(7-5-20)37(32,33)27-9-12-34-13-10-27/h4-7,14-16,22H,3,8-13H2,1-2H3,(H,26,29). The van der Waals surface area contributed by atoms with E-state index >= 15 is 0 Å². The molecule has 1 aliphatic rings. The lowest BCUT2D eigenvalue weighted by Gasteiger charge is -2.30. The molecule has 2 aromatic carbocycles. The maximum absolute atomic E-state index is 12.9. The first-order valence-corrected chi connectivity index (χ1v) is 15.5. The molecule has 0 aliphatic carbocycles. The number of nitrogens with zero attached hydrogens (tertiary/aromatic N) is 2. The molecular weight excluding hydrogens is 565 g/mol. The Labute approximate surface area is 227 Å². The third-order valence-corrected chi connectivity index (χ3v) is 9.06. The largest absolute Gasteiger partial charge is 0.492 e. The number of halogens is 2. The number of sulfonamides is 2. The average Bonchev–Trinajstić information content (AvgIpc) is 2.84. The van der Waals surface area contributed by atoms with Gasteiger partial charge in [-0.3, -0.25) is 9.10 Å². The van der Waals surface area contributed by atoms with Crippen molar-refractivity contribution in [1.82, 2.24) is 9.62 Å². The zero-order chi connectivity index (χ0) is 27.2. The Bertz CT molecular complexity index is 1280. The fraction of sp³-hybridized carbons (Fsp3) is 0.435. The number of nitrogens with one attached hydrogen (secondary N) is 1. The van der Waals surface area contributed by atoms with Gasteiger partial charge in [-0.1, -0.05) is 30.1 Å². The van der Waals surface area contributed by atoms with E-state index in [-0.39, 0.29) is 40.2 Å². The third kappa shape index (κ3) is 7.71. The van der Waals surface area contributed by atoms with Gasteiger partial charge in [-0.15, -0.1) is 0 Å². The van der Waals surface area contributed by atoms with Crippen LogP contribution in [0.25, 0.3) is 0 Å². The summed E-state index contributed by atoms with van der Waals surface area (Å²) in [6.07, 6.45) is 1.20. The van der Waals surface area contributed by atoms with Crippen LogP contribution in [0.5, 0.6) is 5.75 Å². The average molecular weight is 595 g/mol. The Balaban J connectivity index is 1.59. The van der Waals surface area contributed by atoms with Crippen LogP contribution in [0.1, 0.15) is 13.3 Å². The van der Waals surface area contributed by atoms with Gasteiger partial charge in [0.1, 0.15) is 18.4 Å². The van der Waals surface area contributed by atoms with E-state index < -0.39 is 32.0 Å². The minimum absolute atomic E-state index is 0.0829. The van der Waals surface area contributed by atoms with Gasteiger partial charge in [0.05, 0.1) is 36.6 Å². The summed E-state index contributed by atoms with van der Waals surface area (Å²) in [5.41, 5.74) is 0.186. The molecule has 37 heavy (non-hydrogen) atoms. The van der Waals surface area contributed by atoms with E-state index in [1.165, 1.54) is 46.8 Å². The van der Waals surface area contributed by atoms with Crippen LogP contribution < -0.4 is 14.4 Å². The normalized spacial score (nSPS) is 15.7. The molecule has 1 fully saturated rings. The van der Waals surface area contributed by atoms with Crippen LogP contribution in [0, 0.1) is 0 Å². The lowest BCUT2D eigenvalue weighted by molar-refractivity contribution is -0.122. The summed E-state index contributed by atoms with van der Waals surface area (Å²) in [4.78, 5) is 13.1. The van der Waals surface area contributed by atoms with Crippen LogP contribution in [0.4, 0.5) is 5.69 Å². The number of amides is 1. The topological polar surface area (TPSA) is 122 Å². The maximum atomic E-state index is 12.9. The lowest BCUT2D eigenvalue weighted by Crippen LogP contribution is -2.50. The van der Waals surface area contributed by atoms with E-state index in [9.17, 15) is 21.6 Å². The summed E-state index contributed by atoms with van der Waals surface area (Å²) in [7, 11) is -7.45. The maximum Gasteiger partial charge on any atom is 0.244 e. The van der Waals surface area contributed by atoms with Crippen LogP contribution in [0.2, 0.25) is 10.0 Å². The molecule has 14 heteroatoms. The van der Waals surface area contributed by atoms with Crippen LogP contribution in [0.3, 0.4) is 0 Å². The van der Waals surface area contributed by atoms with E-state index in [0.29, 0.717) is 32.1 Å². The smallest absolute Gasteiger partial charge is 0.244 e. The summed E-state index contributed by atoms with van der Waals surface area (Å²) < 4.78 is 63.7. The van der Waals surface area contributed by atoms with Crippen molar-refractivity contribution in [2.45, 2.75) is 24.3 Å². The minimum Gasteiger partial charge on any atom is -0.492 e. The van der Waals surface area contributed by atoms with E-state index in [4.69, 9.17) is 32.7 Å². The first-order chi connectivity index (χ1) is 17.4. The highest BCUT2D eigenvalue weighted by atomic mass is 35.5. The van der Waals surface area contributed by atoms with Crippen molar-refractivity contribution in [3.63, 3.8) is 0 Å². The Kier molecular flexibility index (Phi) is 10.1. The zero-order valence-corrected chi connectivity index (χ0v) is 23.5. The fourth-order valence-electron chi connectivity index (χ4n) is 3.83. The summed E-state index contributed by atoms with van der Waals surface area (Å²) in [5.74, 6) is -0.0897. The fourth-order valence-corrected chi connectivity index (χ4v) is 6.95. The quantitative estimate of drug-likeness (QED) is 0.397. The van der Waals surface area contributed by atoms with Gasteiger partial charge in [0.25, 0.3) is 0 Å². The van der Waals surface area contributed by atoms with Crippen molar-refractivity contribution in [1.29, 1.82) is 0 Å². The number of ether oxygens (including phenoxy) is 2. The molecule has 2 aromatic rings. The van der Waals surface area contributed by atoms with Gasteiger partial charge in [-0.05, 0) is 48.9 Å². The van der Waals surface area contributed by atoms with Gasteiger partial charge in [0.15, 0.2) is 0 Å².